The van der Waals surface area contributed by atoms with E-state index in [0.717, 1.165) is 0 Å². The van der Waals surface area contributed by atoms with Crippen LogP contribution < -0.4 is 5.32 Å². The van der Waals surface area contributed by atoms with Crippen molar-refractivity contribution in [2.24, 2.45) is 0 Å². The van der Waals surface area contributed by atoms with E-state index < -0.39 is 0 Å². The third kappa shape index (κ3) is 1.83. The molecule has 1 aliphatic rings. The lowest BCUT2D eigenvalue weighted by molar-refractivity contribution is 0.714. The predicted octanol–water partition coefficient (Wildman–Crippen LogP) is 4.77. The van der Waals surface area contributed by atoms with E-state index in [0.29, 0.717) is 6.04 Å². The second-order valence-corrected chi connectivity index (χ2v) is 6.02. The van der Waals surface area contributed by atoms with Gasteiger partial charge in [0.2, 0.25) is 0 Å². The average Bonchev–Trinajstić information content (AvgIpc) is 2.68. The highest BCUT2D eigenvalue weighted by Crippen LogP contribution is 2.41. The van der Waals surface area contributed by atoms with Crippen molar-refractivity contribution in [1.29, 1.82) is 0 Å². The summed E-state index contributed by atoms with van der Waals surface area (Å²) in [5.41, 5.74) is 1.35. The second kappa shape index (κ2) is 4.31. The smallest absolute Gasteiger partial charge is 0.0827 e. The van der Waals surface area contributed by atoms with Crippen LogP contribution in [0.25, 0.3) is 10.1 Å². The van der Waals surface area contributed by atoms with Gasteiger partial charge in [-0.3, -0.25) is 0 Å². The molecule has 1 atom stereocenters. The van der Waals surface area contributed by atoms with Crippen molar-refractivity contribution in [2.45, 2.75) is 13.0 Å². The number of nitrogens with one attached hydrogen (secondary N) is 1. The number of hydrogen-bond donors (Lipinski definition) is 1. The average molecular weight is 306 g/mol. The van der Waals surface area contributed by atoms with Gasteiger partial charge in [0.25, 0.3) is 0 Å². The molecular weight excluding hydrogens is 294 g/mol. The highest BCUT2D eigenvalue weighted by atomic mass is 79.9. The first-order chi connectivity index (χ1) is 8.27. The van der Waals surface area contributed by atoms with E-state index in [1.165, 1.54) is 25.0 Å². The third-order valence-electron chi connectivity index (χ3n) is 3.00. The molecule has 2 heterocycles. The van der Waals surface area contributed by atoms with Crippen LogP contribution in [0.4, 0.5) is 0 Å². The maximum absolute atomic E-state index is 3.73. The summed E-state index contributed by atoms with van der Waals surface area (Å²) in [6, 6.07) is 8.81. The molecule has 1 nitrogen and oxygen atoms in total. The lowest BCUT2D eigenvalue weighted by Crippen LogP contribution is -2.17. The molecule has 0 saturated heterocycles. The van der Waals surface area contributed by atoms with Gasteiger partial charge in [-0.15, -0.1) is 11.3 Å². The second-order valence-electron chi connectivity index (χ2n) is 4.15. The highest BCUT2D eigenvalue weighted by Gasteiger charge is 2.20. The summed E-state index contributed by atoms with van der Waals surface area (Å²) in [4.78, 5) is 1.35. The first-order valence-corrected chi connectivity index (χ1v) is 7.14. The minimum absolute atomic E-state index is 0.298. The summed E-state index contributed by atoms with van der Waals surface area (Å²) < 4.78 is 2.55. The predicted molar refractivity (Wildman–Crippen MR) is 78.3 cm³/mol. The fourth-order valence-electron chi connectivity index (χ4n) is 2.08. The Morgan fingerprint density at radius 2 is 2.12 bits per heavy atom. The molecule has 0 aliphatic carbocycles. The number of allylic oxidation sites excluding steroid dienone is 2. The molecule has 0 radical (unpaired) electrons. The zero-order valence-electron chi connectivity index (χ0n) is 9.41. The van der Waals surface area contributed by atoms with Gasteiger partial charge in [-0.25, -0.2) is 0 Å². The molecule has 3 heteroatoms. The molecule has 17 heavy (non-hydrogen) atoms. The Kier molecular flexibility index (Phi) is 2.81. The maximum Gasteiger partial charge on any atom is 0.0827 e. The Bertz CT molecular complexity index is 624. The van der Waals surface area contributed by atoms with E-state index in [-0.39, 0.29) is 0 Å². The summed E-state index contributed by atoms with van der Waals surface area (Å²) in [6.45, 7) is 2.16. The van der Waals surface area contributed by atoms with E-state index in [4.69, 9.17) is 0 Å². The Balaban J connectivity index is 2.15. The Labute approximate surface area is 113 Å². The van der Waals surface area contributed by atoms with E-state index in [1.54, 1.807) is 0 Å². The molecule has 86 valence electrons. The summed E-state index contributed by atoms with van der Waals surface area (Å²) in [5, 5.41) is 4.72. The quantitative estimate of drug-likeness (QED) is 0.800. The van der Waals surface area contributed by atoms with Crippen molar-refractivity contribution in [3.8, 4) is 0 Å². The van der Waals surface area contributed by atoms with Gasteiger partial charge in [0.05, 0.1) is 6.04 Å². The van der Waals surface area contributed by atoms with E-state index >= 15 is 0 Å². The molecule has 0 fully saturated rings. The third-order valence-corrected chi connectivity index (χ3v) is 5.35. The van der Waals surface area contributed by atoms with Gasteiger partial charge in [0.15, 0.2) is 0 Å². The minimum Gasteiger partial charge on any atom is -0.380 e. The normalized spacial score (nSPS) is 19.2. The lowest BCUT2D eigenvalue weighted by atomic mass is 10.0. The van der Waals surface area contributed by atoms with Crippen LogP contribution in [0.5, 0.6) is 0 Å². The molecule has 3 rings (SSSR count). The van der Waals surface area contributed by atoms with Gasteiger partial charge >= 0.3 is 0 Å². The number of benzene rings is 1. The molecule has 1 unspecified atom stereocenters. The first kappa shape index (κ1) is 11.1. The van der Waals surface area contributed by atoms with Gasteiger partial charge in [-0.2, -0.15) is 0 Å². The molecule has 1 N–H and O–H groups in total. The molecule has 0 bridgehead atoms. The molecule has 0 amide bonds. The van der Waals surface area contributed by atoms with Crippen LogP contribution in [0, 0.1) is 0 Å². The van der Waals surface area contributed by atoms with Crippen molar-refractivity contribution < 1.29 is 0 Å². The standard InChI is InChI=1S/C14H12BrNS/c1-9-5-4-8-16-13(9)14-12(15)10-6-2-3-7-11(10)17-14/h2-8,13,16H,1H3. The van der Waals surface area contributed by atoms with Crippen LogP contribution in [-0.2, 0) is 0 Å². The van der Waals surface area contributed by atoms with Crippen molar-refractivity contribution >= 4 is 37.4 Å². The SMILES string of the molecule is CC1=CC=CNC1c1sc2ccccc2c1Br. The van der Waals surface area contributed by atoms with Gasteiger partial charge < -0.3 is 5.32 Å². The van der Waals surface area contributed by atoms with Gasteiger partial charge in [-0.1, -0.05) is 24.3 Å². The Morgan fingerprint density at radius 1 is 1.29 bits per heavy atom. The molecule has 1 aromatic heterocycles. The number of thiophene rings is 1. The van der Waals surface area contributed by atoms with Crippen LogP contribution in [0.15, 0.2) is 52.7 Å². The van der Waals surface area contributed by atoms with Crippen LogP contribution in [0.1, 0.15) is 17.8 Å². The molecule has 1 aliphatic heterocycles. The van der Waals surface area contributed by atoms with Gasteiger partial charge in [-0.05, 0) is 46.8 Å². The van der Waals surface area contributed by atoms with Crippen LogP contribution in [0.2, 0.25) is 0 Å². The largest absolute Gasteiger partial charge is 0.380 e. The number of halogens is 1. The zero-order valence-corrected chi connectivity index (χ0v) is 11.8. The molecule has 1 aromatic carbocycles. The van der Waals surface area contributed by atoms with Gasteiger partial charge in [0, 0.05) is 19.4 Å². The van der Waals surface area contributed by atoms with E-state index in [9.17, 15) is 0 Å². The lowest BCUT2D eigenvalue weighted by Gasteiger charge is -2.20. The van der Waals surface area contributed by atoms with Crippen LogP contribution in [0.3, 0.4) is 0 Å². The van der Waals surface area contributed by atoms with E-state index in [2.05, 4.69) is 58.5 Å². The van der Waals surface area contributed by atoms with Crippen molar-refractivity contribution in [3.63, 3.8) is 0 Å². The monoisotopic (exact) mass is 305 g/mol. The number of fused-ring (bicyclic) bond motifs is 1. The number of dihydropyridines is 1. The number of rotatable bonds is 1. The molecule has 2 aromatic rings. The fraction of sp³-hybridized carbons (Fsp3) is 0.143. The van der Waals surface area contributed by atoms with Crippen molar-refractivity contribution in [2.75, 3.05) is 0 Å². The van der Waals surface area contributed by atoms with Crippen molar-refractivity contribution in [1.82, 2.24) is 5.32 Å². The van der Waals surface area contributed by atoms with Crippen LogP contribution >= 0.6 is 27.3 Å². The maximum atomic E-state index is 3.73. The topological polar surface area (TPSA) is 12.0 Å². The summed E-state index contributed by atoms with van der Waals surface area (Å²) in [5.74, 6) is 0. The highest BCUT2D eigenvalue weighted by molar-refractivity contribution is 9.10. The summed E-state index contributed by atoms with van der Waals surface area (Å²) in [7, 11) is 0. The molecular formula is C14H12BrNS. The zero-order chi connectivity index (χ0) is 11.8. The Morgan fingerprint density at radius 3 is 2.88 bits per heavy atom. The van der Waals surface area contributed by atoms with E-state index in [1.807, 2.05) is 23.6 Å². The summed E-state index contributed by atoms with van der Waals surface area (Å²) in [6.07, 6.45) is 6.22. The Hall–Kier alpha value is -1.06. The first-order valence-electron chi connectivity index (χ1n) is 5.53. The minimum atomic E-state index is 0.298. The molecule has 0 saturated carbocycles. The number of hydrogen-bond acceptors (Lipinski definition) is 2. The van der Waals surface area contributed by atoms with Gasteiger partial charge in [0.1, 0.15) is 0 Å². The van der Waals surface area contributed by atoms with Crippen molar-refractivity contribution in [3.05, 3.63) is 57.5 Å². The molecule has 0 spiro atoms. The fourth-order valence-corrected chi connectivity index (χ4v) is 4.26. The summed E-state index contributed by atoms with van der Waals surface area (Å²) >= 11 is 5.58. The van der Waals surface area contributed by atoms with Crippen LogP contribution in [-0.4, -0.2) is 0 Å².